The molecule has 0 radical (unpaired) electrons. The molecule has 1 aliphatic rings. The van der Waals surface area contributed by atoms with E-state index in [9.17, 15) is 9.59 Å². The van der Waals surface area contributed by atoms with Crippen molar-refractivity contribution >= 4 is 28.2 Å². The summed E-state index contributed by atoms with van der Waals surface area (Å²) in [7, 11) is 0. The number of amides is 1. The second-order valence-electron chi connectivity index (χ2n) is 6.22. The van der Waals surface area contributed by atoms with Crippen LogP contribution in [0.1, 0.15) is 60.8 Å². The summed E-state index contributed by atoms with van der Waals surface area (Å²) in [6.07, 6.45) is 5.30. The first-order chi connectivity index (χ1) is 11.0. The number of thiophene rings is 1. The van der Waals surface area contributed by atoms with Crippen LogP contribution in [0.25, 0.3) is 0 Å². The van der Waals surface area contributed by atoms with Crippen LogP contribution in [0.15, 0.2) is 0 Å². The quantitative estimate of drug-likeness (QED) is 0.616. The SMILES string of the molecule is CCOC(=O)c1c(NC(=O)C[NH2+]C(C)C)sc2c1CCCCC2. The third-order valence-electron chi connectivity index (χ3n) is 3.93. The predicted molar refractivity (Wildman–Crippen MR) is 92.1 cm³/mol. The summed E-state index contributed by atoms with van der Waals surface area (Å²) in [5, 5.41) is 5.56. The summed E-state index contributed by atoms with van der Waals surface area (Å²) in [6.45, 7) is 6.61. The number of nitrogens with two attached hydrogens (primary N) is 1. The van der Waals surface area contributed by atoms with E-state index in [-0.39, 0.29) is 11.9 Å². The maximum absolute atomic E-state index is 12.4. The van der Waals surface area contributed by atoms with Gasteiger partial charge in [0.05, 0.1) is 18.2 Å². The molecule has 0 atom stereocenters. The number of nitrogens with one attached hydrogen (secondary N) is 1. The minimum absolute atomic E-state index is 0.0688. The smallest absolute Gasteiger partial charge is 0.341 e. The molecule has 1 aromatic heterocycles. The van der Waals surface area contributed by atoms with Crippen LogP contribution < -0.4 is 10.6 Å². The second-order valence-corrected chi connectivity index (χ2v) is 7.33. The van der Waals surface area contributed by atoms with Crippen LogP contribution in [0, 0.1) is 0 Å². The average molecular weight is 339 g/mol. The zero-order chi connectivity index (χ0) is 16.8. The molecule has 0 saturated carbocycles. The third-order valence-corrected chi connectivity index (χ3v) is 5.14. The van der Waals surface area contributed by atoms with Gasteiger partial charge in [0, 0.05) is 4.88 Å². The molecular formula is C17H27N2O3S+. The molecule has 5 nitrogen and oxygen atoms in total. The van der Waals surface area contributed by atoms with Gasteiger partial charge in [-0.15, -0.1) is 11.3 Å². The molecule has 6 heteroatoms. The molecule has 1 heterocycles. The second kappa shape index (κ2) is 8.45. The van der Waals surface area contributed by atoms with Gasteiger partial charge in [-0.2, -0.15) is 0 Å². The van der Waals surface area contributed by atoms with Crippen molar-refractivity contribution in [2.75, 3.05) is 18.5 Å². The maximum Gasteiger partial charge on any atom is 0.341 e. The van der Waals surface area contributed by atoms with Gasteiger partial charge in [0.25, 0.3) is 5.91 Å². The lowest BCUT2D eigenvalue weighted by atomic mass is 10.1. The fourth-order valence-corrected chi connectivity index (χ4v) is 4.06. The number of anilines is 1. The first-order valence-electron chi connectivity index (χ1n) is 8.47. The predicted octanol–water partition coefficient (Wildman–Crippen LogP) is 2.10. The van der Waals surface area contributed by atoms with E-state index in [1.165, 1.54) is 11.3 Å². The minimum atomic E-state index is -0.310. The van der Waals surface area contributed by atoms with Crippen molar-refractivity contribution in [3.05, 3.63) is 16.0 Å². The standard InChI is InChI=1S/C17H26N2O3S/c1-4-22-17(21)15-12-8-6-5-7-9-13(12)23-16(15)19-14(20)10-18-11(2)3/h11,18H,4-10H2,1-3H3,(H,19,20)/p+1. The van der Waals surface area contributed by atoms with Crippen molar-refractivity contribution in [2.24, 2.45) is 0 Å². The molecule has 1 aliphatic carbocycles. The topological polar surface area (TPSA) is 72.0 Å². The van der Waals surface area contributed by atoms with Gasteiger partial charge in [-0.3, -0.25) is 4.79 Å². The van der Waals surface area contributed by atoms with Crippen LogP contribution in [0.5, 0.6) is 0 Å². The molecule has 0 spiro atoms. The van der Waals surface area contributed by atoms with Gasteiger partial charge in [-0.1, -0.05) is 6.42 Å². The summed E-state index contributed by atoms with van der Waals surface area (Å²) in [6, 6.07) is 0.366. The number of hydrogen-bond donors (Lipinski definition) is 2. The van der Waals surface area contributed by atoms with E-state index in [1.54, 1.807) is 18.3 Å². The van der Waals surface area contributed by atoms with Gasteiger partial charge in [-0.05, 0) is 52.0 Å². The number of quaternary nitrogens is 1. The van der Waals surface area contributed by atoms with Crippen LogP contribution in [0.4, 0.5) is 5.00 Å². The highest BCUT2D eigenvalue weighted by Gasteiger charge is 2.26. The van der Waals surface area contributed by atoms with Gasteiger partial charge >= 0.3 is 5.97 Å². The van der Waals surface area contributed by atoms with Crippen LogP contribution >= 0.6 is 11.3 Å². The highest BCUT2D eigenvalue weighted by Crippen LogP contribution is 2.37. The van der Waals surface area contributed by atoms with E-state index < -0.39 is 0 Å². The summed E-state index contributed by atoms with van der Waals surface area (Å²) in [5.41, 5.74) is 1.68. The molecule has 0 saturated heterocycles. The Morgan fingerprint density at radius 2 is 2.00 bits per heavy atom. The van der Waals surface area contributed by atoms with Crippen molar-refractivity contribution in [3.8, 4) is 0 Å². The van der Waals surface area contributed by atoms with Gasteiger partial charge in [0.15, 0.2) is 6.54 Å². The Morgan fingerprint density at radius 1 is 1.26 bits per heavy atom. The number of ether oxygens (including phenoxy) is 1. The van der Waals surface area contributed by atoms with Gasteiger partial charge in [-0.25, -0.2) is 4.79 Å². The fraction of sp³-hybridized carbons (Fsp3) is 0.647. The lowest BCUT2D eigenvalue weighted by Gasteiger charge is -2.09. The first kappa shape index (κ1) is 17.9. The zero-order valence-electron chi connectivity index (χ0n) is 14.2. The number of fused-ring (bicyclic) bond motifs is 1. The Bertz CT molecular complexity index is 566. The summed E-state index contributed by atoms with van der Waals surface area (Å²) in [4.78, 5) is 25.8. The molecule has 0 fully saturated rings. The number of carbonyl (C=O) groups is 2. The molecular weight excluding hydrogens is 312 g/mol. The third kappa shape index (κ3) is 4.78. The highest BCUT2D eigenvalue weighted by atomic mass is 32.1. The molecule has 0 bridgehead atoms. The normalized spacial score (nSPS) is 14.3. The summed E-state index contributed by atoms with van der Waals surface area (Å²) >= 11 is 1.55. The number of hydrogen-bond acceptors (Lipinski definition) is 4. The maximum atomic E-state index is 12.4. The zero-order valence-corrected chi connectivity index (χ0v) is 15.1. The van der Waals surface area contributed by atoms with E-state index in [1.807, 2.05) is 19.2 Å². The molecule has 2 rings (SSSR count). The van der Waals surface area contributed by atoms with Crippen LogP contribution in [-0.2, 0) is 22.4 Å². The largest absolute Gasteiger partial charge is 0.462 e. The van der Waals surface area contributed by atoms with E-state index in [2.05, 4.69) is 5.32 Å². The van der Waals surface area contributed by atoms with Crippen LogP contribution in [0.3, 0.4) is 0 Å². The number of aryl methyl sites for hydroxylation is 1. The van der Waals surface area contributed by atoms with Crippen LogP contribution in [0.2, 0.25) is 0 Å². The number of esters is 1. The van der Waals surface area contributed by atoms with E-state index >= 15 is 0 Å². The molecule has 1 amide bonds. The summed E-state index contributed by atoms with van der Waals surface area (Å²) in [5.74, 6) is -0.379. The van der Waals surface area contributed by atoms with Gasteiger partial charge in [0.2, 0.25) is 0 Å². The number of carbonyl (C=O) groups excluding carboxylic acids is 2. The van der Waals surface area contributed by atoms with Gasteiger partial charge < -0.3 is 15.4 Å². The minimum Gasteiger partial charge on any atom is -0.462 e. The molecule has 0 unspecified atom stereocenters. The monoisotopic (exact) mass is 339 g/mol. The van der Waals surface area contributed by atoms with Crippen LogP contribution in [-0.4, -0.2) is 31.1 Å². The Hall–Kier alpha value is -1.40. The highest BCUT2D eigenvalue weighted by molar-refractivity contribution is 7.17. The Labute approximate surface area is 141 Å². The molecule has 0 aliphatic heterocycles. The van der Waals surface area contributed by atoms with E-state index in [0.29, 0.717) is 29.8 Å². The van der Waals surface area contributed by atoms with Crippen molar-refractivity contribution < 1.29 is 19.6 Å². The lowest BCUT2D eigenvalue weighted by molar-refractivity contribution is -0.672. The van der Waals surface area contributed by atoms with E-state index in [0.717, 1.165) is 31.2 Å². The van der Waals surface area contributed by atoms with Crippen molar-refractivity contribution in [1.82, 2.24) is 0 Å². The number of rotatable bonds is 6. The summed E-state index contributed by atoms with van der Waals surface area (Å²) < 4.78 is 5.22. The van der Waals surface area contributed by atoms with E-state index in [4.69, 9.17) is 4.74 Å². The molecule has 0 aromatic carbocycles. The Kier molecular flexibility index (Phi) is 6.59. The molecule has 23 heavy (non-hydrogen) atoms. The van der Waals surface area contributed by atoms with Crippen molar-refractivity contribution in [2.45, 2.75) is 58.9 Å². The van der Waals surface area contributed by atoms with Gasteiger partial charge in [0.1, 0.15) is 5.00 Å². The Balaban J connectivity index is 2.23. The molecule has 3 N–H and O–H groups in total. The first-order valence-corrected chi connectivity index (χ1v) is 9.29. The fourth-order valence-electron chi connectivity index (χ4n) is 2.77. The lowest BCUT2D eigenvalue weighted by Crippen LogP contribution is -2.90. The Morgan fingerprint density at radius 3 is 2.70 bits per heavy atom. The average Bonchev–Trinajstić information content (AvgIpc) is 2.66. The van der Waals surface area contributed by atoms with Crippen molar-refractivity contribution in [3.63, 3.8) is 0 Å². The molecule has 1 aromatic rings. The van der Waals surface area contributed by atoms with Crippen molar-refractivity contribution in [1.29, 1.82) is 0 Å². The molecule has 128 valence electrons.